The lowest BCUT2D eigenvalue weighted by molar-refractivity contribution is -0.132. The van der Waals surface area contributed by atoms with E-state index in [0.29, 0.717) is 19.4 Å². The summed E-state index contributed by atoms with van der Waals surface area (Å²) < 4.78 is 13.5. The van der Waals surface area contributed by atoms with Crippen molar-refractivity contribution in [3.05, 3.63) is 29.6 Å². The first-order chi connectivity index (χ1) is 8.99. The van der Waals surface area contributed by atoms with Crippen LogP contribution in [0.25, 0.3) is 0 Å². The molecule has 5 nitrogen and oxygen atoms in total. The quantitative estimate of drug-likeness (QED) is 0.835. The molecule has 0 aromatic heterocycles. The van der Waals surface area contributed by atoms with E-state index in [1.807, 2.05) is 0 Å². The molecule has 1 aliphatic heterocycles. The number of phenols is 1. The van der Waals surface area contributed by atoms with Gasteiger partial charge in [-0.15, -0.1) is 0 Å². The number of halogens is 1. The molecule has 0 spiro atoms. The third kappa shape index (κ3) is 2.83. The number of aromatic hydroxyl groups is 1. The Morgan fingerprint density at radius 3 is 2.89 bits per heavy atom. The molecule has 19 heavy (non-hydrogen) atoms. The van der Waals surface area contributed by atoms with Gasteiger partial charge in [0.15, 0.2) is 0 Å². The molecule has 0 saturated carbocycles. The lowest BCUT2D eigenvalue weighted by Gasteiger charge is -2.30. The molecule has 0 radical (unpaired) electrons. The number of hydrogen-bond acceptors (Lipinski definition) is 3. The van der Waals surface area contributed by atoms with E-state index in [9.17, 15) is 19.1 Å². The predicted octanol–water partition coefficient (Wildman–Crippen LogP) is 0.882. The molecule has 1 aromatic rings. The van der Waals surface area contributed by atoms with Gasteiger partial charge in [0.1, 0.15) is 17.1 Å². The number of carbonyl (C=O) groups is 2. The number of nitrogens with zero attached hydrogens (tertiary/aromatic N) is 1. The summed E-state index contributed by atoms with van der Waals surface area (Å²) in [6.07, 6.45) is 0.870. The zero-order valence-corrected chi connectivity index (χ0v) is 10.5. The number of benzene rings is 1. The summed E-state index contributed by atoms with van der Waals surface area (Å²) in [5, 5.41) is 12.2. The third-order valence-corrected chi connectivity index (χ3v) is 3.18. The minimum Gasteiger partial charge on any atom is -0.507 e. The number of rotatable bonds is 2. The van der Waals surface area contributed by atoms with Gasteiger partial charge in [0.25, 0.3) is 5.91 Å². The van der Waals surface area contributed by atoms with E-state index in [0.717, 1.165) is 6.07 Å². The van der Waals surface area contributed by atoms with Crippen molar-refractivity contribution in [2.45, 2.75) is 18.9 Å². The van der Waals surface area contributed by atoms with E-state index in [1.54, 1.807) is 7.05 Å². The molecule has 1 aliphatic rings. The molecule has 1 atom stereocenters. The number of hydrogen-bond donors (Lipinski definition) is 2. The molecule has 0 aliphatic carbocycles. The molecule has 102 valence electrons. The highest BCUT2D eigenvalue weighted by Crippen LogP contribution is 2.20. The van der Waals surface area contributed by atoms with Crippen LogP contribution < -0.4 is 5.32 Å². The second kappa shape index (κ2) is 5.26. The van der Waals surface area contributed by atoms with Crippen molar-refractivity contribution in [2.24, 2.45) is 0 Å². The van der Waals surface area contributed by atoms with Crippen LogP contribution in [0.4, 0.5) is 4.39 Å². The predicted molar refractivity (Wildman–Crippen MR) is 66.2 cm³/mol. The summed E-state index contributed by atoms with van der Waals surface area (Å²) in [4.78, 5) is 24.8. The smallest absolute Gasteiger partial charge is 0.258 e. The van der Waals surface area contributed by atoms with E-state index in [4.69, 9.17) is 0 Å². The van der Waals surface area contributed by atoms with Crippen LogP contribution in [0.2, 0.25) is 0 Å². The van der Waals surface area contributed by atoms with Crippen LogP contribution in [0.1, 0.15) is 23.2 Å². The monoisotopic (exact) mass is 266 g/mol. The summed E-state index contributed by atoms with van der Waals surface area (Å²) in [6.45, 7) is 0.389. The van der Waals surface area contributed by atoms with Crippen molar-refractivity contribution in [1.29, 1.82) is 0 Å². The number of carbonyl (C=O) groups excluding carboxylic acids is 2. The van der Waals surface area contributed by atoms with Crippen molar-refractivity contribution < 1.29 is 19.1 Å². The summed E-state index contributed by atoms with van der Waals surface area (Å²) in [7, 11) is 1.65. The molecular formula is C13H15FN2O3. The molecule has 1 fully saturated rings. The topological polar surface area (TPSA) is 69.6 Å². The maximum absolute atomic E-state index is 13.5. The first-order valence-corrected chi connectivity index (χ1v) is 6.01. The van der Waals surface area contributed by atoms with Crippen molar-refractivity contribution >= 4 is 11.8 Å². The lowest BCUT2D eigenvalue weighted by Crippen LogP contribution is -2.48. The summed E-state index contributed by atoms with van der Waals surface area (Å²) in [5.74, 6) is -1.79. The van der Waals surface area contributed by atoms with Gasteiger partial charge in [-0.1, -0.05) is 6.07 Å². The van der Waals surface area contributed by atoms with Crippen molar-refractivity contribution in [3.8, 4) is 5.75 Å². The molecule has 1 aromatic carbocycles. The van der Waals surface area contributed by atoms with Gasteiger partial charge in [0.05, 0.1) is 0 Å². The van der Waals surface area contributed by atoms with Crippen LogP contribution in [0, 0.1) is 5.82 Å². The van der Waals surface area contributed by atoms with Crippen LogP contribution in [0.5, 0.6) is 5.75 Å². The Balaban J connectivity index is 2.08. The van der Waals surface area contributed by atoms with Gasteiger partial charge in [-0.2, -0.15) is 0 Å². The number of likely N-dealkylation sites (tertiary alicyclic amines) is 1. The SMILES string of the molecule is CN1C[C@@H](NC(=O)c2c(O)cccc2F)CCC1=O. The molecule has 2 N–H and O–H groups in total. The Kier molecular flexibility index (Phi) is 3.69. The fourth-order valence-electron chi connectivity index (χ4n) is 2.13. The van der Waals surface area contributed by atoms with Gasteiger partial charge in [0, 0.05) is 26.1 Å². The normalized spacial score (nSPS) is 19.4. The zero-order valence-electron chi connectivity index (χ0n) is 10.5. The van der Waals surface area contributed by atoms with Crippen molar-refractivity contribution in [2.75, 3.05) is 13.6 Å². The van der Waals surface area contributed by atoms with E-state index in [2.05, 4.69) is 5.32 Å². The maximum Gasteiger partial charge on any atom is 0.258 e. The molecule has 0 unspecified atom stereocenters. The van der Waals surface area contributed by atoms with Gasteiger partial charge >= 0.3 is 0 Å². The summed E-state index contributed by atoms with van der Waals surface area (Å²) >= 11 is 0. The van der Waals surface area contributed by atoms with E-state index in [-0.39, 0.29) is 17.5 Å². The largest absolute Gasteiger partial charge is 0.507 e. The average molecular weight is 266 g/mol. The fourth-order valence-corrected chi connectivity index (χ4v) is 2.13. The molecule has 2 amide bonds. The highest BCUT2D eigenvalue weighted by atomic mass is 19.1. The van der Waals surface area contributed by atoms with Crippen molar-refractivity contribution in [1.82, 2.24) is 10.2 Å². The van der Waals surface area contributed by atoms with Crippen LogP contribution in [-0.4, -0.2) is 41.5 Å². The van der Waals surface area contributed by atoms with Gasteiger partial charge in [-0.3, -0.25) is 9.59 Å². The number of amides is 2. The Hall–Kier alpha value is -2.11. The fraction of sp³-hybridized carbons (Fsp3) is 0.385. The summed E-state index contributed by atoms with van der Waals surface area (Å²) in [5.41, 5.74) is -0.359. The zero-order chi connectivity index (χ0) is 14.0. The van der Waals surface area contributed by atoms with Crippen LogP contribution in [0.15, 0.2) is 18.2 Å². The van der Waals surface area contributed by atoms with Gasteiger partial charge in [-0.25, -0.2) is 4.39 Å². The molecular weight excluding hydrogens is 251 g/mol. The van der Waals surface area contributed by atoms with Crippen molar-refractivity contribution in [3.63, 3.8) is 0 Å². The molecule has 6 heteroatoms. The Morgan fingerprint density at radius 1 is 1.53 bits per heavy atom. The van der Waals surface area contributed by atoms with Crippen LogP contribution in [-0.2, 0) is 4.79 Å². The number of likely N-dealkylation sites (N-methyl/N-ethyl adjacent to an activating group) is 1. The molecule has 2 rings (SSSR count). The highest BCUT2D eigenvalue weighted by molar-refractivity contribution is 5.97. The maximum atomic E-state index is 13.5. The Morgan fingerprint density at radius 2 is 2.26 bits per heavy atom. The first kappa shape index (κ1) is 13.3. The molecule has 0 bridgehead atoms. The number of phenolic OH excluding ortho intramolecular Hbond substituents is 1. The van der Waals surface area contributed by atoms with Crippen LogP contribution >= 0.6 is 0 Å². The second-order valence-electron chi connectivity index (χ2n) is 4.62. The minimum atomic E-state index is -0.766. The molecule has 1 saturated heterocycles. The lowest BCUT2D eigenvalue weighted by atomic mass is 10.0. The third-order valence-electron chi connectivity index (χ3n) is 3.18. The second-order valence-corrected chi connectivity index (χ2v) is 4.62. The van der Waals surface area contributed by atoms with E-state index in [1.165, 1.54) is 17.0 Å². The average Bonchev–Trinajstić information content (AvgIpc) is 2.33. The summed E-state index contributed by atoms with van der Waals surface area (Å²) in [6, 6.07) is 3.47. The standard InChI is InChI=1S/C13H15FN2O3/c1-16-7-8(5-6-11(16)18)15-13(19)12-9(14)3-2-4-10(12)17/h2-4,8,17H,5-7H2,1H3,(H,15,19)/t8-/m0/s1. The molecule has 1 heterocycles. The first-order valence-electron chi connectivity index (χ1n) is 6.01. The van der Waals surface area contributed by atoms with Gasteiger partial charge in [-0.05, 0) is 18.6 Å². The Bertz CT molecular complexity index is 498. The van der Waals surface area contributed by atoms with Crippen LogP contribution in [0.3, 0.4) is 0 Å². The van der Waals surface area contributed by atoms with Gasteiger partial charge in [0.2, 0.25) is 5.91 Å². The number of piperidine rings is 1. The van der Waals surface area contributed by atoms with E-state index >= 15 is 0 Å². The van der Waals surface area contributed by atoms with Gasteiger partial charge < -0.3 is 15.3 Å². The highest BCUT2D eigenvalue weighted by Gasteiger charge is 2.26. The van der Waals surface area contributed by atoms with E-state index < -0.39 is 17.5 Å². The minimum absolute atomic E-state index is 0.0271. The number of nitrogens with one attached hydrogen (secondary N) is 1. The Labute approximate surface area is 110 Å².